The first-order chi connectivity index (χ1) is 6.52. The normalized spacial score (nSPS) is 33.0. The smallest absolute Gasteiger partial charge is 0.109 e. The van der Waals surface area contributed by atoms with E-state index in [9.17, 15) is 9.50 Å². The summed E-state index contributed by atoms with van der Waals surface area (Å²) in [5.41, 5.74) is 0.474. The quantitative estimate of drug-likeness (QED) is 0.853. The van der Waals surface area contributed by atoms with Crippen molar-refractivity contribution in [2.45, 2.75) is 32.0 Å². The molecule has 4 heteroatoms. The standard InChI is InChI=1S/C10H12ClFOS/c1-10(4-7(10)12)8(13)2-6-3-9(11)14-5-6/h3,5,7-8,13H,2,4H2,1H3. The molecular weight excluding hydrogens is 223 g/mol. The molecule has 1 saturated carbocycles. The van der Waals surface area contributed by atoms with Crippen LogP contribution in [0.15, 0.2) is 11.4 Å². The van der Waals surface area contributed by atoms with E-state index >= 15 is 0 Å². The number of aliphatic hydroxyl groups is 1. The van der Waals surface area contributed by atoms with Crippen LogP contribution in [0.3, 0.4) is 0 Å². The van der Waals surface area contributed by atoms with Gasteiger partial charge in [-0.05, 0) is 29.9 Å². The molecule has 1 nitrogen and oxygen atoms in total. The van der Waals surface area contributed by atoms with E-state index in [1.165, 1.54) is 11.3 Å². The summed E-state index contributed by atoms with van der Waals surface area (Å²) >= 11 is 7.20. The molecule has 0 saturated heterocycles. The second kappa shape index (κ2) is 3.47. The van der Waals surface area contributed by atoms with Gasteiger partial charge in [-0.25, -0.2) is 4.39 Å². The summed E-state index contributed by atoms with van der Waals surface area (Å²) in [5, 5.41) is 11.7. The lowest BCUT2D eigenvalue weighted by Gasteiger charge is -2.16. The van der Waals surface area contributed by atoms with Gasteiger partial charge >= 0.3 is 0 Å². The minimum absolute atomic E-state index is 0.478. The molecule has 1 aromatic heterocycles. The van der Waals surface area contributed by atoms with Crippen LogP contribution in [0.5, 0.6) is 0 Å². The minimum Gasteiger partial charge on any atom is -0.392 e. The SMILES string of the molecule is CC1(C(O)Cc2csc(Cl)c2)CC1F. The van der Waals surface area contributed by atoms with Crippen molar-refractivity contribution < 1.29 is 9.50 Å². The van der Waals surface area contributed by atoms with E-state index in [2.05, 4.69) is 0 Å². The highest BCUT2D eigenvalue weighted by atomic mass is 35.5. The summed E-state index contributed by atoms with van der Waals surface area (Å²) in [6.07, 6.45) is -0.457. The maximum absolute atomic E-state index is 12.9. The van der Waals surface area contributed by atoms with Gasteiger partial charge in [0.15, 0.2) is 0 Å². The van der Waals surface area contributed by atoms with Gasteiger partial charge in [-0.15, -0.1) is 11.3 Å². The van der Waals surface area contributed by atoms with Gasteiger partial charge in [0.25, 0.3) is 0 Å². The lowest BCUT2D eigenvalue weighted by molar-refractivity contribution is 0.0877. The molecule has 14 heavy (non-hydrogen) atoms. The average Bonchev–Trinajstić information content (AvgIpc) is 2.56. The maximum atomic E-state index is 12.9. The van der Waals surface area contributed by atoms with Crippen molar-refractivity contribution in [2.75, 3.05) is 0 Å². The molecule has 0 aromatic carbocycles. The summed E-state index contributed by atoms with van der Waals surface area (Å²) in [7, 11) is 0. The molecule has 78 valence electrons. The van der Waals surface area contributed by atoms with Crippen molar-refractivity contribution in [3.05, 3.63) is 21.3 Å². The van der Waals surface area contributed by atoms with E-state index < -0.39 is 17.7 Å². The van der Waals surface area contributed by atoms with Gasteiger partial charge in [-0.3, -0.25) is 0 Å². The van der Waals surface area contributed by atoms with Crippen molar-refractivity contribution in [3.63, 3.8) is 0 Å². The van der Waals surface area contributed by atoms with E-state index in [0.29, 0.717) is 17.2 Å². The van der Waals surface area contributed by atoms with E-state index in [-0.39, 0.29) is 0 Å². The summed E-state index contributed by atoms with van der Waals surface area (Å²) in [4.78, 5) is 0. The lowest BCUT2D eigenvalue weighted by Crippen LogP contribution is -2.23. The topological polar surface area (TPSA) is 20.2 Å². The number of thiophene rings is 1. The van der Waals surface area contributed by atoms with Gasteiger partial charge in [-0.2, -0.15) is 0 Å². The minimum atomic E-state index is -0.841. The number of aliphatic hydroxyl groups excluding tert-OH is 1. The van der Waals surface area contributed by atoms with Crippen LogP contribution in [0.2, 0.25) is 4.34 Å². The molecule has 3 unspecified atom stereocenters. The zero-order valence-corrected chi connectivity index (χ0v) is 9.41. The number of alkyl halides is 1. The fraction of sp³-hybridized carbons (Fsp3) is 0.600. The molecule has 1 N–H and O–H groups in total. The molecule has 0 aliphatic heterocycles. The molecule has 1 fully saturated rings. The first-order valence-corrected chi connectivity index (χ1v) is 5.83. The van der Waals surface area contributed by atoms with Crippen molar-refractivity contribution in [1.82, 2.24) is 0 Å². The molecule has 1 aliphatic rings. The van der Waals surface area contributed by atoms with E-state index in [4.69, 9.17) is 11.6 Å². The second-order valence-electron chi connectivity index (χ2n) is 4.16. The largest absolute Gasteiger partial charge is 0.392 e. The fourth-order valence-corrected chi connectivity index (χ4v) is 2.50. The van der Waals surface area contributed by atoms with Crippen LogP contribution in [-0.4, -0.2) is 17.4 Å². The molecular formula is C10H12ClFOS. The van der Waals surface area contributed by atoms with Crippen LogP contribution >= 0.6 is 22.9 Å². The van der Waals surface area contributed by atoms with Gasteiger partial charge < -0.3 is 5.11 Å². The Morgan fingerprint density at radius 2 is 2.50 bits per heavy atom. The first kappa shape index (κ1) is 10.4. The van der Waals surface area contributed by atoms with Crippen molar-refractivity contribution >= 4 is 22.9 Å². The van der Waals surface area contributed by atoms with Crippen molar-refractivity contribution in [3.8, 4) is 0 Å². The van der Waals surface area contributed by atoms with E-state index in [1.54, 1.807) is 6.92 Å². The summed E-state index contributed by atoms with van der Waals surface area (Å²) < 4.78 is 13.6. The molecule has 0 amide bonds. The fourth-order valence-electron chi connectivity index (χ4n) is 1.58. The number of rotatable bonds is 3. The molecule has 1 heterocycles. The van der Waals surface area contributed by atoms with Crippen molar-refractivity contribution in [2.24, 2.45) is 5.41 Å². The maximum Gasteiger partial charge on any atom is 0.109 e. The average molecular weight is 235 g/mol. The molecule has 0 bridgehead atoms. The summed E-state index contributed by atoms with van der Waals surface area (Å²) in [5.74, 6) is 0. The Hall–Kier alpha value is -0.120. The van der Waals surface area contributed by atoms with Gasteiger partial charge in [0.2, 0.25) is 0 Å². The third kappa shape index (κ3) is 1.81. The predicted molar refractivity (Wildman–Crippen MR) is 56.7 cm³/mol. The van der Waals surface area contributed by atoms with Crippen LogP contribution in [0.25, 0.3) is 0 Å². The van der Waals surface area contributed by atoms with Crippen LogP contribution in [0.4, 0.5) is 4.39 Å². The molecule has 1 aliphatic carbocycles. The Labute approximate surface area is 91.5 Å². The third-order valence-electron chi connectivity index (χ3n) is 2.99. The van der Waals surface area contributed by atoms with Gasteiger partial charge in [0, 0.05) is 5.41 Å². The van der Waals surface area contributed by atoms with Crippen LogP contribution in [-0.2, 0) is 6.42 Å². The van der Waals surface area contributed by atoms with Gasteiger partial charge in [0.05, 0.1) is 10.4 Å². The zero-order chi connectivity index (χ0) is 10.3. The first-order valence-electron chi connectivity index (χ1n) is 4.57. The van der Waals surface area contributed by atoms with Crippen molar-refractivity contribution in [1.29, 1.82) is 0 Å². The Kier molecular flexibility index (Phi) is 2.58. The highest BCUT2D eigenvalue weighted by Crippen LogP contribution is 2.51. The van der Waals surface area contributed by atoms with Crippen LogP contribution in [0, 0.1) is 5.41 Å². The number of halogens is 2. The third-order valence-corrected chi connectivity index (χ3v) is 4.13. The molecule has 2 rings (SSSR count). The Morgan fingerprint density at radius 3 is 2.93 bits per heavy atom. The molecule has 1 aromatic rings. The van der Waals surface area contributed by atoms with E-state index in [0.717, 1.165) is 5.56 Å². The van der Waals surface area contributed by atoms with Gasteiger partial charge in [0.1, 0.15) is 6.17 Å². The number of hydrogen-bond acceptors (Lipinski definition) is 2. The Morgan fingerprint density at radius 1 is 1.86 bits per heavy atom. The molecule has 0 radical (unpaired) electrons. The number of hydrogen-bond donors (Lipinski definition) is 1. The highest BCUT2D eigenvalue weighted by Gasteiger charge is 2.55. The monoisotopic (exact) mass is 234 g/mol. The Bertz CT molecular complexity index is 341. The zero-order valence-electron chi connectivity index (χ0n) is 7.84. The van der Waals surface area contributed by atoms with E-state index in [1.807, 2.05) is 11.4 Å². The molecule has 0 spiro atoms. The highest BCUT2D eigenvalue weighted by molar-refractivity contribution is 7.14. The van der Waals surface area contributed by atoms with Gasteiger partial charge in [-0.1, -0.05) is 18.5 Å². The van der Waals surface area contributed by atoms with Crippen LogP contribution in [0.1, 0.15) is 18.9 Å². The van der Waals surface area contributed by atoms with Crippen LogP contribution < -0.4 is 0 Å². The summed E-state index contributed by atoms with van der Waals surface area (Å²) in [6, 6.07) is 1.83. The second-order valence-corrected chi connectivity index (χ2v) is 5.70. The summed E-state index contributed by atoms with van der Waals surface area (Å²) in [6.45, 7) is 1.79. The Balaban J connectivity index is 1.98. The lowest BCUT2D eigenvalue weighted by atomic mass is 9.96. The molecule has 3 atom stereocenters. The predicted octanol–water partition coefficient (Wildman–Crippen LogP) is 3.05.